The second-order valence-electron chi connectivity index (χ2n) is 10.4. The van der Waals surface area contributed by atoms with Gasteiger partial charge in [-0.3, -0.25) is 0 Å². The summed E-state index contributed by atoms with van der Waals surface area (Å²) in [4.78, 5) is 4.55. The first-order valence-corrected chi connectivity index (χ1v) is 14.6. The summed E-state index contributed by atoms with van der Waals surface area (Å²) in [5.41, 5.74) is 10.1. The molecule has 5 rings (SSSR count). The summed E-state index contributed by atoms with van der Waals surface area (Å²) in [7, 11) is -4.03. The van der Waals surface area contributed by atoms with Gasteiger partial charge >= 0.3 is 0 Å². The Labute approximate surface area is 213 Å². The van der Waals surface area contributed by atoms with Gasteiger partial charge in [0.05, 0.1) is 4.90 Å². The SMILES string of the molecule is NCC1CCC(Cc2ccc(-c3ccc(C4CCNCC4)cc3)c(C3=NCN=N3)c2S(N)(=O)=O)CC1. The molecule has 2 fully saturated rings. The molecule has 9 heteroatoms. The van der Waals surface area contributed by atoms with Crippen molar-refractivity contribution in [3.05, 3.63) is 53.1 Å². The number of nitrogens with zero attached hydrogens (tertiary/aromatic N) is 3. The van der Waals surface area contributed by atoms with E-state index in [1.165, 1.54) is 5.56 Å². The molecule has 2 aromatic rings. The Morgan fingerprint density at radius 2 is 1.61 bits per heavy atom. The Kier molecular flexibility index (Phi) is 7.62. The van der Waals surface area contributed by atoms with Crippen LogP contribution < -0.4 is 16.2 Å². The molecule has 1 aliphatic carbocycles. The van der Waals surface area contributed by atoms with Crippen molar-refractivity contribution in [2.24, 2.45) is 37.9 Å². The van der Waals surface area contributed by atoms with Gasteiger partial charge in [0.25, 0.3) is 0 Å². The van der Waals surface area contributed by atoms with Crippen molar-refractivity contribution >= 4 is 15.9 Å². The van der Waals surface area contributed by atoms with Crippen molar-refractivity contribution in [3.63, 3.8) is 0 Å². The number of rotatable bonds is 7. The van der Waals surface area contributed by atoms with Gasteiger partial charge in [0.15, 0.2) is 12.5 Å². The van der Waals surface area contributed by atoms with Gasteiger partial charge in [-0.1, -0.05) is 36.4 Å². The summed E-state index contributed by atoms with van der Waals surface area (Å²) in [5, 5.41) is 17.5. The van der Waals surface area contributed by atoms with Gasteiger partial charge in [-0.15, -0.1) is 5.11 Å². The molecule has 0 aromatic heterocycles. The Hall–Kier alpha value is -2.46. The van der Waals surface area contributed by atoms with Crippen LogP contribution in [0, 0.1) is 11.8 Å². The highest BCUT2D eigenvalue weighted by atomic mass is 32.2. The van der Waals surface area contributed by atoms with Crippen molar-refractivity contribution in [1.29, 1.82) is 0 Å². The zero-order valence-electron chi connectivity index (χ0n) is 20.7. The highest BCUT2D eigenvalue weighted by molar-refractivity contribution is 7.89. The standard InChI is InChI=1S/C27H36N6O2S/c28-16-19-3-1-18(2-4-19)15-23-9-10-24(25(26(23)36(29,34)35)27-31-17-32-33-27)22-7-5-20(6-8-22)21-11-13-30-14-12-21/h5-10,18-19,21,30H,1-4,11-17,28H2,(H2,29,34,35). The summed E-state index contributed by atoms with van der Waals surface area (Å²) in [5.74, 6) is 1.86. The van der Waals surface area contributed by atoms with Crippen LogP contribution in [0.4, 0.5) is 0 Å². The molecule has 36 heavy (non-hydrogen) atoms. The zero-order chi connectivity index (χ0) is 25.1. The molecule has 0 spiro atoms. The molecule has 0 atom stereocenters. The average Bonchev–Trinajstić information content (AvgIpc) is 3.44. The summed E-state index contributed by atoms with van der Waals surface area (Å²) in [6.45, 7) is 2.99. The van der Waals surface area contributed by atoms with Gasteiger partial charge in [0.2, 0.25) is 10.0 Å². The number of hydrogen-bond acceptors (Lipinski definition) is 7. The molecule has 2 aliphatic heterocycles. The van der Waals surface area contributed by atoms with Crippen LogP contribution in [0.15, 0.2) is 56.5 Å². The average molecular weight is 509 g/mol. The molecule has 3 aliphatic rings. The third-order valence-electron chi connectivity index (χ3n) is 8.04. The highest BCUT2D eigenvalue weighted by Gasteiger charge is 2.29. The van der Waals surface area contributed by atoms with Crippen molar-refractivity contribution in [2.45, 2.75) is 55.8 Å². The van der Waals surface area contributed by atoms with E-state index in [0.29, 0.717) is 35.6 Å². The smallest absolute Gasteiger partial charge is 0.239 e. The van der Waals surface area contributed by atoms with E-state index < -0.39 is 10.0 Å². The maximum atomic E-state index is 13.0. The Morgan fingerprint density at radius 3 is 2.22 bits per heavy atom. The van der Waals surface area contributed by atoms with Gasteiger partial charge in [-0.05, 0) is 105 Å². The van der Waals surface area contributed by atoms with Crippen LogP contribution in [0.5, 0.6) is 0 Å². The molecule has 2 heterocycles. The van der Waals surface area contributed by atoms with Gasteiger partial charge in [0, 0.05) is 5.56 Å². The maximum Gasteiger partial charge on any atom is 0.239 e. The van der Waals surface area contributed by atoms with Crippen LogP contribution in [-0.4, -0.2) is 40.6 Å². The molecule has 0 radical (unpaired) electrons. The summed E-state index contributed by atoms with van der Waals surface area (Å²) in [6, 6.07) is 12.4. The lowest BCUT2D eigenvalue weighted by Crippen LogP contribution is -2.26. The Bertz CT molecular complexity index is 1240. The van der Waals surface area contributed by atoms with Crippen LogP contribution >= 0.6 is 0 Å². The topological polar surface area (TPSA) is 135 Å². The lowest BCUT2D eigenvalue weighted by molar-refractivity contribution is 0.278. The van der Waals surface area contributed by atoms with E-state index in [-0.39, 0.29) is 11.6 Å². The molecule has 1 saturated carbocycles. The molecule has 8 nitrogen and oxygen atoms in total. The fourth-order valence-corrected chi connectivity index (χ4v) is 7.01. The van der Waals surface area contributed by atoms with Crippen LogP contribution in [0.1, 0.15) is 61.1 Å². The third kappa shape index (κ3) is 5.44. The lowest BCUT2D eigenvalue weighted by atomic mass is 9.79. The number of benzene rings is 2. The first kappa shape index (κ1) is 25.2. The van der Waals surface area contributed by atoms with Crippen LogP contribution in [0.2, 0.25) is 0 Å². The minimum Gasteiger partial charge on any atom is -0.330 e. The number of aliphatic imine (C=N–C) groups is 1. The zero-order valence-corrected chi connectivity index (χ0v) is 21.5. The molecule has 192 valence electrons. The van der Waals surface area contributed by atoms with Crippen LogP contribution in [0.3, 0.4) is 0 Å². The minimum absolute atomic E-state index is 0.142. The van der Waals surface area contributed by atoms with E-state index in [2.05, 4.69) is 44.8 Å². The number of piperidine rings is 1. The lowest BCUT2D eigenvalue weighted by Gasteiger charge is -2.28. The molecule has 1 saturated heterocycles. The second kappa shape index (κ2) is 10.9. The fourth-order valence-electron chi connectivity index (χ4n) is 6.00. The normalized spacial score (nSPS) is 23.1. The van der Waals surface area contributed by atoms with Gasteiger partial charge in [0.1, 0.15) is 0 Å². The number of primary sulfonamides is 1. The number of azo groups is 1. The first-order valence-electron chi connectivity index (χ1n) is 13.1. The Morgan fingerprint density at radius 1 is 0.917 bits per heavy atom. The molecule has 2 aromatic carbocycles. The number of sulfonamides is 1. The largest absolute Gasteiger partial charge is 0.330 e. The van der Waals surface area contributed by atoms with E-state index in [4.69, 9.17) is 10.9 Å². The number of amidine groups is 1. The second-order valence-corrected chi connectivity index (χ2v) is 11.9. The van der Waals surface area contributed by atoms with E-state index in [9.17, 15) is 8.42 Å². The van der Waals surface area contributed by atoms with E-state index in [0.717, 1.165) is 74.8 Å². The number of nitrogens with one attached hydrogen (secondary N) is 1. The fraction of sp³-hybridized carbons (Fsp3) is 0.519. The predicted octanol–water partition coefficient (Wildman–Crippen LogP) is 3.95. The van der Waals surface area contributed by atoms with Crippen molar-refractivity contribution < 1.29 is 8.42 Å². The maximum absolute atomic E-state index is 13.0. The monoisotopic (exact) mass is 508 g/mol. The van der Waals surface area contributed by atoms with Crippen molar-refractivity contribution in [2.75, 3.05) is 26.3 Å². The van der Waals surface area contributed by atoms with E-state index in [1.807, 2.05) is 12.1 Å². The van der Waals surface area contributed by atoms with Gasteiger partial charge in [-0.2, -0.15) is 5.11 Å². The molecule has 5 N–H and O–H groups in total. The molecule has 0 unspecified atom stereocenters. The van der Waals surface area contributed by atoms with Crippen molar-refractivity contribution in [1.82, 2.24) is 5.32 Å². The van der Waals surface area contributed by atoms with E-state index >= 15 is 0 Å². The first-order chi connectivity index (χ1) is 17.4. The third-order valence-corrected chi connectivity index (χ3v) is 9.07. The van der Waals surface area contributed by atoms with Crippen molar-refractivity contribution in [3.8, 4) is 11.1 Å². The summed E-state index contributed by atoms with van der Waals surface area (Å²) in [6.07, 6.45) is 7.17. The molecule has 0 amide bonds. The Balaban J connectivity index is 1.54. The number of hydrogen-bond donors (Lipinski definition) is 3. The van der Waals surface area contributed by atoms with Crippen LogP contribution in [0.25, 0.3) is 11.1 Å². The molecular formula is C27H36N6O2S. The van der Waals surface area contributed by atoms with Crippen LogP contribution in [-0.2, 0) is 16.4 Å². The number of nitrogens with two attached hydrogens (primary N) is 2. The van der Waals surface area contributed by atoms with Gasteiger partial charge < -0.3 is 11.1 Å². The highest BCUT2D eigenvalue weighted by Crippen LogP contribution is 2.37. The van der Waals surface area contributed by atoms with E-state index in [1.54, 1.807) is 0 Å². The summed E-state index contributed by atoms with van der Waals surface area (Å²) >= 11 is 0. The molecular weight excluding hydrogens is 472 g/mol. The van der Waals surface area contributed by atoms with Gasteiger partial charge in [-0.25, -0.2) is 18.5 Å². The minimum atomic E-state index is -4.03. The predicted molar refractivity (Wildman–Crippen MR) is 143 cm³/mol. The molecule has 0 bridgehead atoms. The quantitative estimate of drug-likeness (QED) is 0.522. The summed E-state index contributed by atoms with van der Waals surface area (Å²) < 4.78 is 26.1.